The zero-order valence-corrected chi connectivity index (χ0v) is 57.5. The predicted molar refractivity (Wildman–Crippen MR) is 361 cm³/mol. The third kappa shape index (κ3) is 25.5. The molecule has 2 aromatic carbocycles. The van der Waals surface area contributed by atoms with Gasteiger partial charge in [0.05, 0.1) is 68.3 Å². The fourth-order valence-electron chi connectivity index (χ4n) is 12.6. The number of unbranched alkanes of at least 4 members (excludes halogenated alkanes) is 2. The van der Waals surface area contributed by atoms with Crippen LogP contribution in [0.15, 0.2) is 54.7 Å². The molecule has 97 heavy (non-hydrogen) atoms. The van der Waals surface area contributed by atoms with Gasteiger partial charge in [0, 0.05) is 125 Å². The number of Topliss-reactive ketones (excluding diaryl/α,β-unsaturated/α-hetero) is 1. The Bertz CT molecular complexity index is 3260. The number of carbonyl (C=O) groups is 11. The maximum atomic E-state index is 14.2. The number of alkyl halides is 2. The van der Waals surface area contributed by atoms with Crippen molar-refractivity contribution in [3.05, 3.63) is 69.4 Å². The molecule has 4 aliphatic rings. The summed E-state index contributed by atoms with van der Waals surface area (Å²) in [6.07, 6.45) is 8.60. The number of nitriles is 1. The fourth-order valence-corrected chi connectivity index (χ4v) is 14.4. The molecule has 528 valence electrons. The number of hydrogen-bond acceptors (Lipinski definition) is 19. The summed E-state index contributed by atoms with van der Waals surface area (Å²) in [4.78, 5) is 157. The number of carboxylic acids is 3. The Balaban J connectivity index is 0.892. The molecule has 4 aliphatic heterocycles. The van der Waals surface area contributed by atoms with Crippen LogP contribution in [-0.4, -0.2) is 267 Å². The number of carbonyl (C=O) groups excluding carboxylic acids is 8. The first-order chi connectivity index (χ1) is 46.4. The number of aliphatic carboxylic acids is 3. The molecule has 7 rings (SSSR count). The maximum Gasteiger partial charge on any atom is 0.317 e. The van der Waals surface area contributed by atoms with Gasteiger partial charge in [-0.05, 0) is 128 Å². The molecule has 30 heteroatoms. The number of hydrogen-bond donors (Lipinski definition) is 5. The Labute approximate surface area is 580 Å². The molecule has 5 N–H and O–H groups in total. The van der Waals surface area contributed by atoms with E-state index in [4.69, 9.17) is 4.74 Å². The van der Waals surface area contributed by atoms with Gasteiger partial charge in [0.1, 0.15) is 29.8 Å². The Morgan fingerprint density at radius 1 is 0.773 bits per heavy atom. The number of aromatic nitrogens is 1. The fraction of sp³-hybridized carbons (Fsp3) is 0.597. The van der Waals surface area contributed by atoms with Gasteiger partial charge in [0.2, 0.25) is 29.5 Å². The number of thioether (sulfide) groups is 1. The lowest BCUT2D eigenvalue weighted by atomic mass is 9.91. The lowest BCUT2D eigenvalue weighted by Gasteiger charge is -2.34. The zero-order chi connectivity index (χ0) is 70.0. The number of nitrogens with zero attached hydrogens (tertiary/aromatic N) is 9. The van der Waals surface area contributed by atoms with E-state index in [0.29, 0.717) is 107 Å². The summed E-state index contributed by atoms with van der Waals surface area (Å²) in [5, 5.41) is 43.0. The number of imide groups is 1. The summed E-state index contributed by atoms with van der Waals surface area (Å²) in [6, 6.07) is 15.1. The van der Waals surface area contributed by atoms with Gasteiger partial charge in [-0.15, -0.1) is 11.8 Å². The number of aryl methyl sites for hydroxylation is 1. The summed E-state index contributed by atoms with van der Waals surface area (Å²) >= 11 is 3.54. The average molecular weight is 1480 g/mol. The molecule has 1 aromatic heterocycles. The summed E-state index contributed by atoms with van der Waals surface area (Å²) < 4.78 is 35.1. The Morgan fingerprint density at radius 2 is 1.40 bits per heavy atom. The molecule has 4 fully saturated rings. The van der Waals surface area contributed by atoms with Gasteiger partial charge in [-0.1, -0.05) is 25.0 Å². The molecule has 0 saturated carbocycles. The van der Waals surface area contributed by atoms with E-state index in [9.17, 15) is 82.1 Å². The van der Waals surface area contributed by atoms with Crippen LogP contribution >= 0.6 is 34.4 Å². The second-order valence-corrected chi connectivity index (χ2v) is 28.0. The van der Waals surface area contributed by atoms with Crippen LogP contribution in [0.3, 0.4) is 0 Å². The predicted octanol–water partition coefficient (Wildman–Crippen LogP) is 4.30. The third-order valence-corrected chi connectivity index (χ3v) is 20.2. The monoisotopic (exact) mass is 1480 g/mol. The van der Waals surface area contributed by atoms with Gasteiger partial charge in [0.25, 0.3) is 11.8 Å². The second-order valence-electron chi connectivity index (χ2n) is 25.3. The van der Waals surface area contributed by atoms with Crippen molar-refractivity contribution in [2.45, 2.75) is 119 Å². The SMILES string of the molecule is N#C[C@H]1CC(F)(F)CN1C(=O)CNC(=O)c1ccnc2ccc(OCCCC3CCN(C(=O)C(C=O)CN4C(=O)CC(SC(CCCCCNC(=O)CCCc5ccc(I)cc5)CCC(=O)CN5CCN(CC(=O)O)CCN(CC(=O)O)CCN(CC(=O)O)CC5)C4=O)CC3)cc12. The first kappa shape index (κ1) is 77.0. The van der Waals surface area contributed by atoms with E-state index in [2.05, 4.69) is 50.3 Å². The summed E-state index contributed by atoms with van der Waals surface area (Å²) in [7, 11) is 0. The minimum Gasteiger partial charge on any atom is -0.494 e. The summed E-state index contributed by atoms with van der Waals surface area (Å²) in [5.41, 5.74) is 1.81. The number of fused-ring (bicyclic) bond motifs is 1. The van der Waals surface area contributed by atoms with Crippen LogP contribution in [0.25, 0.3) is 10.9 Å². The van der Waals surface area contributed by atoms with Gasteiger partial charge < -0.3 is 45.3 Å². The summed E-state index contributed by atoms with van der Waals surface area (Å²) in [6.45, 7) is 0.494. The number of amides is 6. The molecule has 0 spiro atoms. The van der Waals surface area contributed by atoms with Gasteiger partial charge in [-0.3, -0.25) is 77.4 Å². The molecule has 6 amide bonds. The number of piperidine rings is 1. The maximum absolute atomic E-state index is 14.2. The van der Waals surface area contributed by atoms with Crippen LogP contribution in [0, 0.1) is 26.7 Å². The number of ether oxygens (including phenoxy) is 1. The molecule has 3 unspecified atom stereocenters. The molecule has 26 nitrogen and oxygen atoms in total. The van der Waals surface area contributed by atoms with Crippen molar-refractivity contribution in [1.29, 1.82) is 5.26 Å². The number of aldehydes is 1. The molecule has 4 atom stereocenters. The van der Waals surface area contributed by atoms with Crippen LogP contribution < -0.4 is 15.4 Å². The smallest absolute Gasteiger partial charge is 0.317 e. The molecular formula is C67H88F2IN11O15S. The second kappa shape index (κ2) is 38.7. The van der Waals surface area contributed by atoms with Crippen molar-refractivity contribution in [3.63, 3.8) is 0 Å². The van der Waals surface area contributed by atoms with Gasteiger partial charge >= 0.3 is 17.9 Å². The Morgan fingerprint density at radius 3 is 2.01 bits per heavy atom. The van der Waals surface area contributed by atoms with E-state index in [1.165, 1.54) is 24.0 Å². The van der Waals surface area contributed by atoms with Crippen molar-refractivity contribution >= 4 is 111 Å². The third-order valence-electron chi connectivity index (χ3n) is 17.9. The van der Waals surface area contributed by atoms with E-state index >= 15 is 0 Å². The molecule has 5 heterocycles. The van der Waals surface area contributed by atoms with E-state index in [0.717, 1.165) is 38.2 Å². The van der Waals surface area contributed by atoms with Gasteiger partial charge in [0.15, 0.2) is 0 Å². The Hall–Kier alpha value is -7.31. The van der Waals surface area contributed by atoms with Crippen LogP contribution in [0.5, 0.6) is 5.75 Å². The molecule has 0 aliphatic carbocycles. The number of benzene rings is 2. The normalized spacial score (nSPS) is 19.3. The first-order valence-corrected chi connectivity index (χ1v) is 35.2. The highest BCUT2D eigenvalue weighted by atomic mass is 127. The van der Waals surface area contributed by atoms with Crippen molar-refractivity contribution in [1.82, 2.24) is 49.9 Å². The topological polar surface area (TPSA) is 341 Å². The molecular weight excluding hydrogens is 1400 g/mol. The van der Waals surface area contributed by atoms with E-state index < -0.39 is 96.6 Å². The summed E-state index contributed by atoms with van der Waals surface area (Å²) in [5.74, 6) is -10.2. The van der Waals surface area contributed by atoms with Crippen molar-refractivity contribution in [3.8, 4) is 11.8 Å². The quantitative estimate of drug-likeness (QED) is 0.0180. The number of ketones is 1. The zero-order valence-electron chi connectivity index (χ0n) is 54.5. The number of likely N-dealkylation sites (tertiary alicyclic amines) is 3. The van der Waals surface area contributed by atoms with E-state index in [-0.39, 0.29) is 120 Å². The standard InChI is InChI=1S/C67H88F2IN11O15S/c68-67(69)36-50(37-71)81(45-67)60(86)38-74-64(93)54-18-22-72-56-17-15-52(34-55(54)56)96-33-5-7-47-19-23-79(24-20-47)65(94)48(44-82)39-80-59(85)35-57(66(80)95)97-53(8-2-1-3-21-73-58(84)9-4-6-46-10-12-49(70)13-11-46)16-14-51(83)40-75-25-27-76(41-61(87)88)29-31-78(43-63(91)92)32-30-77(28-26-75)42-62(89)90/h10-13,15,17-18,22,34,44,47-48,50,53,57H,1-9,14,16,19-21,23-33,35-36,38-43,45H2,(H,73,84)(H,74,93)(H,87,88)(H,89,90)(H,91,92)/t48?,50-,53?,57?/m1/s1. The number of carboxylic acid groups (broad SMARTS) is 3. The number of halogens is 3. The molecule has 4 saturated heterocycles. The lowest BCUT2D eigenvalue weighted by Crippen LogP contribution is -2.49. The minimum atomic E-state index is -3.20. The lowest BCUT2D eigenvalue weighted by molar-refractivity contribution is -0.144. The van der Waals surface area contributed by atoms with Crippen LogP contribution in [0.2, 0.25) is 0 Å². The van der Waals surface area contributed by atoms with E-state index in [1.807, 2.05) is 17.0 Å². The van der Waals surface area contributed by atoms with Crippen LogP contribution in [-0.2, 0) is 54.4 Å². The molecule has 0 radical (unpaired) electrons. The van der Waals surface area contributed by atoms with Crippen LogP contribution in [0.1, 0.15) is 106 Å². The van der Waals surface area contributed by atoms with Crippen LogP contribution in [0.4, 0.5) is 8.78 Å². The van der Waals surface area contributed by atoms with Gasteiger partial charge in [-0.25, -0.2) is 8.78 Å². The van der Waals surface area contributed by atoms with E-state index in [1.54, 1.807) is 43.9 Å². The number of nitrogens with one attached hydrogen (secondary N) is 2. The highest BCUT2D eigenvalue weighted by molar-refractivity contribution is 14.1. The van der Waals surface area contributed by atoms with Crippen molar-refractivity contribution < 1.29 is 81.6 Å². The number of rotatable bonds is 35. The minimum absolute atomic E-state index is 0.0321. The number of pyridine rings is 1. The first-order valence-electron chi connectivity index (χ1n) is 33.1. The highest BCUT2D eigenvalue weighted by Gasteiger charge is 2.47. The largest absolute Gasteiger partial charge is 0.494 e. The highest BCUT2D eigenvalue weighted by Crippen LogP contribution is 2.35. The van der Waals surface area contributed by atoms with Crippen molar-refractivity contribution in [2.75, 3.05) is 124 Å². The Kier molecular flexibility index (Phi) is 30.8. The van der Waals surface area contributed by atoms with Crippen molar-refractivity contribution in [2.24, 2.45) is 11.8 Å². The molecule has 0 bridgehead atoms. The average Bonchev–Trinajstić information content (AvgIpc) is 1.77. The molecule has 3 aromatic rings. The van der Waals surface area contributed by atoms with Gasteiger partial charge in [-0.2, -0.15) is 5.26 Å².